The van der Waals surface area contributed by atoms with E-state index in [1.165, 1.54) is 4.90 Å². The molecular formula is C11H11NO2S2. The standard InChI is InChI=1S/C11H11NO2S2/c13-11(14)12(7-9-3-1-5-15-9)8-10-4-2-6-16-10/h1-6H,7-8H2,(H,13,14). The lowest BCUT2D eigenvalue weighted by Gasteiger charge is -2.17. The maximum atomic E-state index is 11.1. The van der Waals surface area contributed by atoms with Gasteiger partial charge in [-0.05, 0) is 22.9 Å². The van der Waals surface area contributed by atoms with Crippen molar-refractivity contribution in [2.45, 2.75) is 13.1 Å². The predicted molar refractivity (Wildman–Crippen MR) is 65.9 cm³/mol. The normalized spacial score (nSPS) is 10.2. The topological polar surface area (TPSA) is 40.5 Å². The molecule has 1 N–H and O–H groups in total. The van der Waals surface area contributed by atoms with Crippen LogP contribution in [0.15, 0.2) is 35.0 Å². The number of nitrogens with zero attached hydrogens (tertiary/aromatic N) is 1. The van der Waals surface area contributed by atoms with E-state index in [0.29, 0.717) is 13.1 Å². The smallest absolute Gasteiger partial charge is 0.407 e. The van der Waals surface area contributed by atoms with Crippen LogP contribution < -0.4 is 0 Å². The number of carbonyl (C=O) groups is 1. The van der Waals surface area contributed by atoms with Crippen molar-refractivity contribution in [3.8, 4) is 0 Å². The maximum absolute atomic E-state index is 11.1. The average molecular weight is 253 g/mol. The van der Waals surface area contributed by atoms with Gasteiger partial charge in [0, 0.05) is 9.75 Å². The lowest BCUT2D eigenvalue weighted by molar-refractivity contribution is 0.140. The summed E-state index contributed by atoms with van der Waals surface area (Å²) in [5.41, 5.74) is 0. The molecule has 0 aliphatic carbocycles. The molecule has 0 unspecified atom stereocenters. The number of rotatable bonds is 4. The van der Waals surface area contributed by atoms with Gasteiger partial charge in [0.15, 0.2) is 0 Å². The van der Waals surface area contributed by atoms with Crippen LogP contribution in [0.5, 0.6) is 0 Å². The lowest BCUT2D eigenvalue weighted by atomic mass is 10.4. The Morgan fingerprint density at radius 3 is 1.94 bits per heavy atom. The molecule has 3 nitrogen and oxygen atoms in total. The third kappa shape index (κ3) is 2.84. The summed E-state index contributed by atoms with van der Waals surface area (Å²) in [6.45, 7) is 0.926. The van der Waals surface area contributed by atoms with Crippen molar-refractivity contribution in [1.82, 2.24) is 4.90 Å². The number of hydrogen-bond donors (Lipinski definition) is 1. The molecule has 0 fully saturated rings. The van der Waals surface area contributed by atoms with Gasteiger partial charge in [-0.2, -0.15) is 0 Å². The van der Waals surface area contributed by atoms with Crippen LogP contribution in [0.3, 0.4) is 0 Å². The summed E-state index contributed by atoms with van der Waals surface area (Å²) >= 11 is 3.16. The minimum absolute atomic E-state index is 0.463. The van der Waals surface area contributed by atoms with Crippen LogP contribution in [-0.4, -0.2) is 16.1 Å². The lowest BCUT2D eigenvalue weighted by Crippen LogP contribution is -2.27. The van der Waals surface area contributed by atoms with Gasteiger partial charge in [-0.25, -0.2) is 4.79 Å². The molecule has 0 saturated carbocycles. The van der Waals surface area contributed by atoms with Crippen LogP contribution in [-0.2, 0) is 13.1 Å². The van der Waals surface area contributed by atoms with Crippen molar-refractivity contribution in [3.05, 3.63) is 44.8 Å². The van der Waals surface area contributed by atoms with Gasteiger partial charge in [-0.3, -0.25) is 4.90 Å². The van der Waals surface area contributed by atoms with Crippen molar-refractivity contribution in [2.24, 2.45) is 0 Å². The summed E-state index contributed by atoms with van der Waals surface area (Å²) < 4.78 is 0. The zero-order valence-corrected chi connectivity index (χ0v) is 10.1. The Labute approximate surface area is 102 Å². The molecule has 1 amide bonds. The Hall–Kier alpha value is -1.33. The Morgan fingerprint density at radius 1 is 1.12 bits per heavy atom. The van der Waals surface area contributed by atoms with Gasteiger partial charge in [0.05, 0.1) is 13.1 Å². The first-order valence-corrected chi connectivity index (χ1v) is 6.54. The van der Waals surface area contributed by atoms with Gasteiger partial charge in [0.1, 0.15) is 0 Å². The second kappa shape index (κ2) is 5.14. The predicted octanol–water partition coefficient (Wildman–Crippen LogP) is 3.49. The molecule has 2 aromatic heterocycles. The summed E-state index contributed by atoms with van der Waals surface area (Å²) in [5, 5.41) is 13.0. The third-order valence-electron chi connectivity index (χ3n) is 2.12. The van der Waals surface area contributed by atoms with Gasteiger partial charge >= 0.3 is 6.09 Å². The first-order valence-electron chi connectivity index (χ1n) is 4.78. The van der Waals surface area contributed by atoms with Crippen molar-refractivity contribution >= 4 is 28.8 Å². The number of hydrogen-bond acceptors (Lipinski definition) is 3. The van der Waals surface area contributed by atoms with E-state index in [1.807, 2.05) is 35.0 Å². The van der Waals surface area contributed by atoms with E-state index in [4.69, 9.17) is 5.11 Å². The Bertz CT molecular complexity index is 400. The van der Waals surface area contributed by atoms with Crippen LogP contribution in [0.2, 0.25) is 0 Å². The highest BCUT2D eigenvalue weighted by atomic mass is 32.1. The first-order chi connectivity index (χ1) is 7.75. The molecule has 84 valence electrons. The van der Waals surface area contributed by atoms with Crippen molar-refractivity contribution in [2.75, 3.05) is 0 Å². The molecule has 16 heavy (non-hydrogen) atoms. The summed E-state index contributed by atoms with van der Waals surface area (Å²) in [6.07, 6.45) is -0.873. The monoisotopic (exact) mass is 253 g/mol. The molecular weight excluding hydrogens is 242 g/mol. The highest BCUT2D eigenvalue weighted by Crippen LogP contribution is 2.16. The van der Waals surface area contributed by atoms with E-state index >= 15 is 0 Å². The molecule has 0 saturated heterocycles. The number of carboxylic acid groups (broad SMARTS) is 1. The van der Waals surface area contributed by atoms with Gasteiger partial charge in [-0.1, -0.05) is 12.1 Å². The molecule has 0 aliphatic heterocycles. The first kappa shape index (κ1) is 11.2. The zero-order valence-electron chi connectivity index (χ0n) is 8.50. The van der Waals surface area contributed by atoms with Crippen LogP contribution in [0, 0.1) is 0 Å². The van der Waals surface area contributed by atoms with Crippen LogP contribution in [0.4, 0.5) is 4.79 Å². The molecule has 2 heterocycles. The quantitative estimate of drug-likeness (QED) is 0.906. The molecule has 2 rings (SSSR count). The Morgan fingerprint density at radius 2 is 1.62 bits per heavy atom. The van der Waals surface area contributed by atoms with E-state index in [0.717, 1.165) is 9.75 Å². The average Bonchev–Trinajstić information content (AvgIpc) is 2.88. The fourth-order valence-corrected chi connectivity index (χ4v) is 2.81. The Balaban J connectivity index is 2.03. The summed E-state index contributed by atoms with van der Waals surface area (Å²) in [7, 11) is 0. The zero-order chi connectivity index (χ0) is 11.4. The van der Waals surface area contributed by atoms with Gasteiger partial charge in [-0.15, -0.1) is 22.7 Å². The highest BCUT2D eigenvalue weighted by Gasteiger charge is 2.13. The Kier molecular flexibility index (Phi) is 3.58. The summed E-state index contributed by atoms with van der Waals surface area (Å²) in [6, 6.07) is 7.78. The fraction of sp³-hybridized carbons (Fsp3) is 0.182. The van der Waals surface area contributed by atoms with E-state index in [2.05, 4.69) is 0 Å². The van der Waals surface area contributed by atoms with Crippen LogP contribution >= 0.6 is 22.7 Å². The molecule has 0 atom stereocenters. The highest BCUT2D eigenvalue weighted by molar-refractivity contribution is 7.10. The SMILES string of the molecule is O=C(O)N(Cc1cccs1)Cc1cccs1. The molecule has 0 spiro atoms. The van der Waals surface area contributed by atoms with Gasteiger partial charge < -0.3 is 5.11 Å². The van der Waals surface area contributed by atoms with Crippen LogP contribution in [0.25, 0.3) is 0 Å². The minimum atomic E-state index is -0.873. The molecule has 5 heteroatoms. The number of amides is 1. The van der Waals surface area contributed by atoms with Gasteiger partial charge in [0.2, 0.25) is 0 Å². The van der Waals surface area contributed by atoms with E-state index in [-0.39, 0.29) is 0 Å². The van der Waals surface area contributed by atoms with Crippen molar-refractivity contribution in [3.63, 3.8) is 0 Å². The molecule has 0 aromatic carbocycles. The molecule has 0 radical (unpaired) electrons. The van der Waals surface area contributed by atoms with Crippen LogP contribution in [0.1, 0.15) is 9.75 Å². The largest absolute Gasteiger partial charge is 0.465 e. The molecule has 0 aliphatic rings. The second-order valence-electron chi connectivity index (χ2n) is 3.30. The van der Waals surface area contributed by atoms with Gasteiger partial charge in [0.25, 0.3) is 0 Å². The number of thiophene rings is 2. The van der Waals surface area contributed by atoms with E-state index in [9.17, 15) is 4.79 Å². The summed E-state index contributed by atoms with van der Waals surface area (Å²) in [4.78, 5) is 14.7. The molecule has 2 aromatic rings. The van der Waals surface area contributed by atoms with Crippen molar-refractivity contribution in [1.29, 1.82) is 0 Å². The minimum Gasteiger partial charge on any atom is -0.465 e. The molecule has 0 bridgehead atoms. The van der Waals surface area contributed by atoms with Crippen molar-refractivity contribution < 1.29 is 9.90 Å². The fourth-order valence-electron chi connectivity index (χ4n) is 1.37. The summed E-state index contributed by atoms with van der Waals surface area (Å²) in [5.74, 6) is 0. The van der Waals surface area contributed by atoms with E-state index < -0.39 is 6.09 Å². The maximum Gasteiger partial charge on any atom is 0.407 e. The van der Waals surface area contributed by atoms with E-state index in [1.54, 1.807) is 22.7 Å². The second-order valence-corrected chi connectivity index (χ2v) is 5.36. The third-order valence-corrected chi connectivity index (χ3v) is 3.85.